The Labute approximate surface area is 62.0 Å². The van der Waals surface area contributed by atoms with Gasteiger partial charge in [0.25, 0.3) is 0 Å². The van der Waals surface area contributed by atoms with Gasteiger partial charge in [0.2, 0.25) is 0 Å². The van der Waals surface area contributed by atoms with Crippen LogP contribution in [0.3, 0.4) is 0 Å². The van der Waals surface area contributed by atoms with Crippen LogP contribution in [-0.4, -0.2) is 5.11 Å². The Morgan fingerprint density at radius 1 is 1.50 bits per heavy atom. The standard InChI is InChI=1S/C8H15NO/c1-3-5-7(4-2)6-8(9)10/h5-6,10H,3-4,9H2,1-2H3/b7-5-,8-6+. The van der Waals surface area contributed by atoms with Crippen molar-refractivity contribution in [3.05, 3.63) is 23.6 Å². The molecule has 0 atom stereocenters. The minimum Gasteiger partial charge on any atom is -0.495 e. The number of allylic oxidation sites excluding steroid dienone is 3. The van der Waals surface area contributed by atoms with E-state index in [0.717, 1.165) is 18.4 Å². The molecule has 58 valence electrons. The highest BCUT2D eigenvalue weighted by Crippen LogP contribution is 2.04. The number of rotatable bonds is 3. The van der Waals surface area contributed by atoms with Gasteiger partial charge in [-0.3, -0.25) is 0 Å². The first-order chi connectivity index (χ1) is 4.70. The minimum absolute atomic E-state index is 0.110. The second kappa shape index (κ2) is 4.91. The number of hydrogen-bond acceptors (Lipinski definition) is 2. The molecule has 0 aliphatic carbocycles. The van der Waals surface area contributed by atoms with Crippen LogP contribution < -0.4 is 5.73 Å². The van der Waals surface area contributed by atoms with E-state index < -0.39 is 0 Å². The van der Waals surface area contributed by atoms with Gasteiger partial charge >= 0.3 is 0 Å². The number of aliphatic hydroxyl groups is 1. The summed E-state index contributed by atoms with van der Waals surface area (Å²) in [5, 5.41) is 8.68. The van der Waals surface area contributed by atoms with Crippen LogP contribution >= 0.6 is 0 Å². The Kier molecular flexibility index (Phi) is 4.46. The van der Waals surface area contributed by atoms with Crippen molar-refractivity contribution in [3.8, 4) is 0 Å². The van der Waals surface area contributed by atoms with E-state index in [0.29, 0.717) is 0 Å². The van der Waals surface area contributed by atoms with Gasteiger partial charge in [0.05, 0.1) is 0 Å². The summed E-state index contributed by atoms with van der Waals surface area (Å²) in [4.78, 5) is 0. The first-order valence-corrected chi connectivity index (χ1v) is 3.55. The topological polar surface area (TPSA) is 46.2 Å². The van der Waals surface area contributed by atoms with Crippen LogP contribution in [-0.2, 0) is 0 Å². The van der Waals surface area contributed by atoms with Gasteiger partial charge in [-0.15, -0.1) is 0 Å². The molecule has 0 saturated carbocycles. The average molecular weight is 141 g/mol. The average Bonchev–Trinajstić information content (AvgIpc) is 1.86. The molecule has 0 fully saturated rings. The quantitative estimate of drug-likeness (QED) is 0.467. The molecule has 0 rings (SSSR count). The van der Waals surface area contributed by atoms with Gasteiger partial charge in [0.15, 0.2) is 5.88 Å². The molecule has 0 aliphatic heterocycles. The lowest BCUT2D eigenvalue weighted by Crippen LogP contribution is -1.94. The third-order valence-electron chi connectivity index (χ3n) is 1.21. The molecule has 0 aromatic heterocycles. The third-order valence-corrected chi connectivity index (χ3v) is 1.21. The van der Waals surface area contributed by atoms with E-state index >= 15 is 0 Å². The van der Waals surface area contributed by atoms with Crippen LogP contribution in [0.25, 0.3) is 0 Å². The van der Waals surface area contributed by atoms with Gasteiger partial charge in [-0.25, -0.2) is 0 Å². The van der Waals surface area contributed by atoms with Gasteiger partial charge in [-0.05, 0) is 18.4 Å². The summed E-state index contributed by atoms with van der Waals surface area (Å²) in [5.74, 6) is -0.110. The number of nitrogens with two attached hydrogens (primary N) is 1. The maximum absolute atomic E-state index is 8.68. The molecular formula is C8H15NO. The lowest BCUT2D eigenvalue weighted by molar-refractivity contribution is 0.405. The molecule has 0 heterocycles. The molecule has 0 bridgehead atoms. The highest BCUT2D eigenvalue weighted by molar-refractivity contribution is 5.18. The van der Waals surface area contributed by atoms with Crippen molar-refractivity contribution in [2.75, 3.05) is 0 Å². The number of hydrogen-bond donors (Lipinski definition) is 2. The van der Waals surface area contributed by atoms with Crippen LogP contribution in [0.15, 0.2) is 23.6 Å². The fourth-order valence-electron chi connectivity index (χ4n) is 0.757. The highest BCUT2D eigenvalue weighted by atomic mass is 16.3. The summed E-state index contributed by atoms with van der Waals surface area (Å²) < 4.78 is 0. The highest BCUT2D eigenvalue weighted by Gasteiger charge is 1.88. The molecule has 0 spiro atoms. The van der Waals surface area contributed by atoms with Gasteiger partial charge < -0.3 is 10.8 Å². The minimum atomic E-state index is -0.110. The van der Waals surface area contributed by atoms with Gasteiger partial charge in [-0.2, -0.15) is 0 Å². The molecule has 3 N–H and O–H groups in total. The lowest BCUT2D eigenvalue weighted by atomic mass is 10.1. The fraction of sp³-hybridized carbons (Fsp3) is 0.500. The Hall–Kier alpha value is -0.920. The second-order valence-electron chi connectivity index (χ2n) is 2.11. The lowest BCUT2D eigenvalue weighted by Gasteiger charge is -1.95. The SMILES string of the molecule is CC/C=C(\C=C(/N)O)CC. The van der Waals surface area contributed by atoms with E-state index in [-0.39, 0.29) is 5.88 Å². The van der Waals surface area contributed by atoms with E-state index in [9.17, 15) is 0 Å². The van der Waals surface area contributed by atoms with Crippen molar-refractivity contribution < 1.29 is 5.11 Å². The summed E-state index contributed by atoms with van der Waals surface area (Å²) in [6, 6.07) is 0. The summed E-state index contributed by atoms with van der Waals surface area (Å²) >= 11 is 0. The Morgan fingerprint density at radius 3 is 2.40 bits per heavy atom. The predicted octanol–water partition coefficient (Wildman–Crippen LogP) is 2.09. The molecule has 0 aliphatic rings. The zero-order chi connectivity index (χ0) is 7.98. The summed E-state index contributed by atoms with van der Waals surface area (Å²) in [5.41, 5.74) is 6.16. The smallest absolute Gasteiger partial charge is 0.181 e. The van der Waals surface area contributed by atoms with E-state index in [1.165, 1.54) is 0 Å². The summed E-state index contributed by atoms with van der Waals surface area (Å²) in [6.07, 6.45) is 5.52. The van der Waals surface area contributed by atoms with E-state index in [4.69, 9.17) is 10.8 Å². The second-order valence-corrected chi connectivity index (χ2v) is 2.11. The molecule has 0 amide bonds. The van der Waals surface area contributed by atoms with Crippen LogP contribution in [0.4, 0.5) is 0 Å². The fourth-order valence-corrected chi connectivity index (χ4v) is 0.757. The van der Waals surface area contributed by atoms with Crippen molar-refractivity contribution in [1.82, 2.24) is 0 Å². The monoisotopic (exact) mass is 141 g/mol. The van der Waals surface area contributed by atoms with Crippen molar-refractivity contribution in [1.29, 1.82) is 0 Å². The Morgan fingerprint density at radius 2 is 2.10 bits per heavy atom. The predicted molar refractivity (Wildman–Crippen MR) is 43.6 cm³/mol. The van der Waals surface area contributed by atoms with Crippen LogP contribution in [0.2, 0.25) is 0 Å². The first kappa shape index (κ1) is 9.08. The maximum Gasteiger partial charge on any atom is 0.181 e. The van der Waals surface area contributed by atoms with Crippen molar-refractivity contribution in [2.45, 2.75) is 26.7 Å². The zero-order valence-electron chi connectivity index (χ0n) is 6.59. The van der Waals surface area contributed by atoms with Crippen LogP contribution in [0.1, 0.15) is 26.7 Å². The molecule has 0 radical (unpaired) electrons. The van der Waals surface area contributed by atoms with Crippen molar-refractivity contribution in [3.63, 3.8) is 0 Å². The van der Waals surface area contributed by atoms with E-state index in [2.05, 4.69) is 6.92 Å². The maximum atomic E-state index is 8.68. The van der Waals surface area contributed by atoms with Crippen molar-refractivity contribution in [2.24, 2.45) is 5.73 Å². The molecule has 0 aromatic rings. The Bertz CT molecular complexity index is 143. The Balaban J connectivity index is 4.09. The first-order valence-electron chi connectivity index (χ1n) is 3.55. The molecule has 0 aromatic carbocycles. The molecule has 2 heteroatoms. The van der Waals surface area contributed by atoms with Crippen LogP contribution in [0.5, 0.6) is 0 Å². The normalized spacial score (nSPS) is 13.8. The van der Waals surface area contributed by atoms with E-state index in [1.54, 1.807) is 6.08 Å². The van der Waals surface area contributed by atoms with Crippen molar-refractivity contribution >= 4 is 0 Å². The molecule has 0 unspecified atom stereocenters. The largest absolute Gasteiger partial charge is 0.495 e. The number of aliphatic hydroxyl groups excluding tert-OH is 1. The summed E-state index contributed by atoms with van der Waals surface area (Å²) in [7, 11) is 0. The van der Waals surface area contributed by atoms with Gasteiger partial charge in [0.1, 0.15) is 0 Å². The van der Waals surface area contributed by atoms with Crippen LogP contribution in [0, 0.1) is 0 Å². The summed E-state index contributed by atoms with van der Waals surface area (Å²) in [6.45, 7) is 4.08. The molecule has 10 heavy (non-hydrogen) atoms. The third kappa shape index (κ3) is 4.01. The van der Waals surface area contributed by atoms with Gasteiger partial charge in [0, 0.05) is 6.08 Å². The zero-order valence-corrected chi connectivity index (χ0v) is 6.59. The molecular weight excluding hydrogens is 126 g/mol. The molecule has 0 saturated heterocycles. The molecule has 2 nitrogen and oxygen atoms in total. The van der Waals surface area contributed by atoms with Gasteiger partial charge in [-0.1, -0.05) is 19.9 Å². The van der Waals surface area contributed by atoms with E-state index in [1.807, 2.05) is 13.0 Å².